The fourth-order valence-electron chi connectivity index (χ4n) is 1.80. The number of ether oxygens (including phenoxy) is 1. The Hall–Kier alpha value is -1.44. The second-order valence-corrected chi connectivity index (χ2v) is 6.36. The van der Waals surface area contributed by atoms with Crippen LogP contribution in [-0.4, -0.2) is 23.6 Å². The molecule has 18 heavy (non-hydrogen) atoms. The molecule has 0 atom stereocenters. The standard InChI is InChI=1S/C10H8ClN3O3S/c11-18(15,16)10-12-9(13-14-10)6-1-2-7-4-17-5-8(7)3-6/h1-3H,4-5H2,(H,12,13,14). The van der Waals surface area contributed by atoms with Crippen LogP contribution in [0.2, 0.25) is 0 Å². The monoisotopic (exact) mass is 285 g/mol. The van der Waals surface area contributed by atoms with Gasteiger partial charge >= 0.3 is 0 Å². The average molecular weight is 286 g/mol. The van der Waals surface area contributed by atoms with Crippen molar-refractivity contribution >= 4 is 19.7 Å². The summed E-state index contributed by atoms with van der Waals surface area (Å²) in [5.74, 6) is 0.295. The zero-order valence-corrected chi connectivity index (χ0v) is 10.6. The Balaban J connectivity index is 2.03. The van der Waals surface area contributed by atoms with E-state index < -0.39 is 9.05 Å². The zero-order valence-electron chi connectivity index (χ0n) is 9.05. The van der Waals surface area contributed by atoms with E-state index in [2.05, 4.69) is 15.2 Å². The van der Waals surface area contributed by atoms with Gasteiger partial charge in [0.25, 0.3) is 14.2 Å². The second kappa shape index (κ2) is 4.04. The average Bonchev–Trinajstić information content (AvgIpc) is 2.96. The molecule has 0 bridgehead atoms. The largest absolute Gasteiger partial charge is 0.372 e. The Morgan fingerprint density at radius 3 is 2.78 bits per heavy atom. The molecule has 94 valence electrons. The van der Waals surface area contributed by atoms with E-state index >= 15 is 0 Å². The molecule has 1 aromatic carbocycles. The van der Waals surface area contributed by atoms with E-state index in [1.807, 2.05) is 18.2 Å². The highest BCUT2D eigenvalue weighted by Gasteiger charge is 2.18. The summed E-state index contributed by atoms with van der Waals surface area (Å²) in [5, 5.41) is 5.79. The molecule has 0 amide bonds. The van der Waals surface area contributed by atoms with Gasteiger partial charge in [-0.15, -0.1) is 0 Å². The highest BCUT2D eigenvalue weighted by atomic mass is 35.7. The fraction of sp³-hybridized carbons (Fsp3) is 0.200. The summed E-state index contributed by atoms with van der Waals surface area (Å²) in [6, 6.07) is 5.63. The molecule has 0 saturated heterocycles. The molecule has 0 saturated carbocycles. The summed E-state index contributed by atoms with van der Waals surface area (Å²) in [5.41, 5.74) is 2.91. The van der Waals surface area contributed by atoms with Gasteiger partial charge in [-0.1, -0.05) is 12.1 Å². The lowest BCUT2D eigenvalue weighted by Gasteiger charge is -1.99. The van der Waals surface area contributed by atoms with E-state index in [0.29, 0.717) is 19.0 Å². The maximum absolute atomic E-state index is 11.1. The van der Waals surface area contributed by atoms with Crippen LogP contribution >= 0.6 is 10.7 Å². The van der Waals surface area contributed by atoms with Gasteiger partial charge < -0.3 is 4.74 Å². The number of hydrogen-bond acceptors (Lipinski definition) is 5. The summed E-state index contributed by atoms with van der Waals surface area (Å²) >= 11 is 0. The first-order chi connectivity index (χ1) is 8.54. The predicted octanol–water partition coefficient (Wildman–Crippen LogP) is 1.43. The third-order valence-corrected chi connectivity index (χ3v) is 3.76. The van der Waals surface area contributed by atoms with Gasteiger partial charge in [0.15, 0.2) is 5.82 Å². The Bertz CT molecular complexity index is 711. The Morgan fingerprint density at radius 1 is 1.28 bits per heavy atom. The van der Waals surface area contributed by atoms with Crippen LogP contribution in [0.1, 0.15) is 11.1 Å². The molecule has 0 aliphatic carbocycles. The van der Waals surface area contributed by atoms with E-state index in [-0.39, 0.29) is 5.16 Å². The number of rotatable bonds is 2. The highest BCUT2D eigenvalue weighted by molar-refractivity contribution is 8.13. The molecule has 3 rings (SSSR count). The molecule has 0 spiro atoms. The summed E-state index contributed by atoms with van der Waals surface area (Å²) in [4.78, 5) is 3.85. The summed E-state index contributed by atoms with van der Waals surface area (Å²) in [6.07, 6.45) is 0. The number of nitrogens with zero attached hydrogens (tertiary/aromatic N) is 2. The van der Waals surface area contributed by atoms with Crippen molar-refractivity contribution in [3.63, 3.8) is 0 Å². The van der Waals surface area contributed by atoms with Gasteiger partial charge in [-0.05, 0) is 17.2 Å². The van der Waals surface area contributed by atoms with Crippen LogP contribution in [0, 0.1) is 0 Å². The minimum Gasteiger partial charge on any atom is -0.372 e. The van der Waals surface area contributed by atoms with E-state index in [0.717, 1.165) is 16.7 Å². The van der Waals surface area contributed by atoms with Crippen LogP contribution in [-0.2, 0) is 27.0 Å². The lowest BCUT2D eigenvalue weighted by atomic mass is 10.1. The topological polar surface area (TPSA) is 84.9 Å². The maximum Gasteiger partial charge on any atom is 0.296 e. The molecule has 1 aromatic heterocycles. The number of aromatic nitrogens is 3. The summed E-state index contributed by atoms with van der Waals surface area (Å²) in [6.45, 7) is 1.15. The molecule has 2 heterocycles. The van der Waals surface area contributed by atoms with Crippen molar-refractivity contribution in [2.75, 3.05) is 0 Å². The molecule has 0 unspecified atom stereocenters. The Morgan fingerprint density at radius 2 is 2.06 bits per heavy atom. The number of nitrogens with one attached hydrogen (secondary N) is 1. The van der Waals surface area contributed by atoms with Gasteiger partial charge in [-0.25, -0.2) is 13.5 Å². The fourth-order valence-corrected chi connectivity index (χ4v) is 2.35. The Kier molecular flexibility index (Phi) is 2.61. The maximum atomic E-state index is 11.1. The van der Waals surface area contributed by atoms with Gasteiger partial charge in [-0.3, -0.25) is 0 Å². The van der Waals surface area contributed by atoms with E-state index in [9.17, 15) is 8.42 Å². The van der Waals surface area contributed by atoms with Gasteiger partial charge in [0, 0.05) is 16.2 Å². The Labute approximate surface area is 107 Å². The molecular formula is C10H8ClN3O3S. The summed E-state index contributed by atoms with van der Waals surface area (Å²) < 4.78 is 27.5. The molecule has 0 fully saturated rings. The molecular weight excluding hydrogens is 278 g/mol. The first-order valence-corrected chi connectivity index (χ1v) is 7.42. The molecule has 1 aliphatic heterocycles. The molecule has 1 aliphatic rings. The third kappa shape index (κ3) is 2.00. The lowest BCUT2D eigenvalue weighted by Crippen LogP contribution is -1.93. The van der Waals surface area contributed by atoms with Crippen molar-refractivity contribution in [3.8, 4) is 11.4 Å². The number of fused-ring (bicyclic) bond motifs is 1. The minimum absolute atomic E-state index is 0.295. The predicted molar refractivity (Wildman–Crippen MR) is 63.4 cm³/mol. The molecule has 6 nitrogen and oxygen atoms in total. The van der Waals surface area contributed by atoms with Gasteiger partial charge in [0.05, 0.1) is 13.2 Å². The van der Waals surface area contributed by atoms with Gasteiger partial charge in [0.1, 0.15) is 0 Å². The van der Waals surface area contributed by atoms with Crippen LogP contribution in [0.3, 0.4) is 0 Å². The zero-order chi connectivity index (χ0) is 12.8. The van der Waals surface area contributed by atoms with Gasteiger partial charge in [-0.2, -0.15) is 10.1 Å². The molecule has 2 aromatic rings. The number of aromatic amines is 1. The quantitative estimate of drug-likeness (QED) is 0.844. The van der Waals surface area contributed by atoms with Crippen molar-refractivity contribution < 1.29 is 13.2 Å². The second-order valence-electron chi connectivity index (χ2n) is 3.88. The third-order valence-electron chi connectivity index (χ3n) is 2.68. The van der Waals surface area contributed by atoms with Gasteiger partial charge in [0.2, 0.25) is 0 Å². The molecule has 1 N–H and O–H groups in total. The first kappa shape index (κ1) is 11.6. The minimum atomic E-state index is -3.88. The van der Waals surface area contributed by atoms with Crippen molar-refractivity contribution in [1.29, 1.82) is 0 Å². The smallest absolute Gasteiger partial charge is 0.296 e. The van der Waals surface area contributed by atoms with Crippen molar-refractivity contribution in [3.05, 3.63) is 29.3 Å². The summed E-state index contributed by atoms with van der Waals surface area (Å²) in [7, 11) is 1.29. The van der Waals surface area contributed by atoms with E-state index in [1.54, 1.807) is 0 Å². The van der Waals surface area contributed by atoms with Crippen LogP contribution in [0.15, 0.2) is 23.4 Å². The van der Waals surface area contributed by atoms with Crippen LogP contribution in [0.4, 0.5) is 0 Å². The first-order valence-electron chi connectivity index (χ1n) is 5.11. The number of halogens is 1. The molecule has 0 radical (unpaired) electrons. The van der Waals surface area contributed by atoms with Crippen LogP contribution in [0.5, 0.6) is 0 Å². The van der Waals surface area contributed by atoms with Crippen molar-refractivity contribution in [1.82, 2.24) is 15.2 Å². The van der Waals surface area contributed by atoms with Crippen molar-refractivity contribution in [2.45, 2.75) is 18.4 Å². The van der Waals surface area contributed by atoms with E-state index in [1.165, 1.54) is 0 Å². The normalized spacial score (nSPS) is 14.7. The highest BCUT2D eigenvalue weighted by Crippen LogP contribution is 2.25. The van der Waals surface area contributed by atoms with Crippen LogP contribution < -0.4 is 0 Å². The molecule has 8 heteroatoms. The lowest BCUT2D eigenvalue weighted by molar-refractivity contribution is 0.134. The number of benzene rings is 1. The SMILES string of the molecule is O=S(=O)(Cl)c1nc(-c2ccc3c(c2)COC3)n[nH]1. The van der Waals surface area contributed by atoms with Crippen molar-refractivity contribution in [2.24, 2.45) is 0 Å². The van der Waals surface area contributed by atoms with E-state index in [4.69, 9.17) is 15.4 Å². The number of hydrogen-bond donors (Lipinski definition) is 1. The van der Waals surface area contributed by atoms with Crippen LogP contribution in [0.25, 0.3) is 11.4 Å². The number of H-pyrrole nitrogens is 1.